The van der Waals surface area contributed by atoms with Crippen LogP contribution in [0.25, 0.3) is 16.6 Å². The first-order chi connectivity index (χ1) is 14.8. The van der Waals surface area contributed by atoms with E-state index in [9.17, 15) is 9.90 Å². The number of aromatic amines is 1. The van der Waals surface area contributed by atoms with Crippen LogP contribution in [0.1, 0.15) is 25.0 Å². The lowest BCUT2D eigenvalue weighted by Crippen LogP contribution is -2.46. The molecular weight excluding hydrogens is 415 g/mol. The number of aliphatic hydroxyl groups excluding tert-OH is 1. The Morgan fingerprint density at radius 2 is 2.03 bits per heavy atom. The Balaban J connectivity index is 1.76. The predicted molar refractivity (Wildman–Crippen MR) is 121 cm³/mol. The molecule has 1 aromatic heterocycles. The van der Waals surface area contributed by atoms with E-state index in [0.717, 1.165) is 11.1 Å². The van der Waals surface area contributed by atoms with Crippen molar-refractivity contribution in [1.82, 2.24) is 9.78 Å². The molecule has 6 nitrogen and oxygen atoms in total. The Kier molecular flexibility index (Phi) is 5.80. The van der Waals surface area contributed by atoms with E-state index in [4.69, 9.17) is 9.47 Å². The quantitative estimate of drug-likeness (QED) is 0.438. The van der Waals surface area contributed by atoms with Gasteiger partial charge in [-0.3, -0.25) is 9.89 Å². The van der Waals surface area contributed by atoms with E-state index in [1.807, 2.05) is 43.3 Å². The van der Waals surface area contributed by atoms with Gasteiger partial charge in [-0.05, 0) is 49.8 Å². The summed E-state index contributed by atoms with van der Waals surface area (Å²) in [6.45, 7) is 5.23. The van der Waals surface area contributed by atoms with Gasteiger partial charge in [0.15, 0.2) is 0 Å². The maximum atomic E-state index is 15.1. The molecule has 8 heteroatoms. The summed E-state index contributed by atoms with van der Waals surface area (Å²) in [5, 5.41) is 13.3. The minimum atomic E-state index is -3.08. The SMILES string of the molecule is CO[C@@H]1c2cc(-n3[nH]c4ccccc4c3=O)ccc2O[C@H](C(CCO)[Si](C)(C)F)[C@H]1C. The summed E-state index contributed by atoms with van der Waals surface area (Å²) in [5.41, 5.74) is 1.80. The number of nitrogens with zero attached hydrogens (tertiary/aromatic N) is 1. The van der Waals surface area contributed by atoms with E-state index in [2.05, 4.69) is 5.10 Å². The third-order valence-electron chi connectivity index (χ3n) is 6.38. The van der Waals surface area contributed by atoms with Gasteiger partial charge in [-0.25, -0.2) is 4.68 Å². The maximum Gasteiger partial charge on any atom is 0.279 e. The smallest absolute Gasteiger partial charge is 0.279 e. The molecule has 166 valence electrons. The molecule has 2 N–H and O–H groups in total. The molecule has 0 spiro atoms. The number of rotatable bonds is 6. The summed E-state index contributed by atoms with van der Waals surface area (Å²) in [7, 11) is -1.45. The number of methoxy groups -OCH3 is 1. The van der Waals surface area contributed by atoms with Gasteiger partial charge in [0.2, 0.25) is 8.41 Å². The lowest BCUT2D eigenvalue weighted by Gasteiger charge is -2.43. The van der Waals surface area contributed by atoms with Crippen LogP contribution in [-0.2, 0) is 4.74 Å². The van der Waals surface area contributed by atoms with Crippen LogP contribution in [0.4, 0.5) is 4.11 Å². The van der Waals surface area contributed by atoms with Crippen LogP contribution in [0.15, 0.2) is 47.3 Å². The number of fused-ring (bicyclic) bond motifs is 2. The number of benzene rings is 2. The second-order valence-corrected chi connectivity index (χ2v) is 12.7. The summed E-state index contributed by atoms with van der Waals surface area (Å²) in [6, 6.07) is 12.9. The summed E-state index contributed by atoms with van der Waals surface area (Å²) in [6.07, 6.45) is -0.344. The molecule has 0 aliphatic carbocycles. The number of hydrogen-bond donors (Lipinski definition) is 2. The van der Waals surface area contributed by atoms with Crippen molar-refractivity contribution in [2.75, 3.05) is 13.7 Å². The molecule has 0 fully saturated rings. The first-order valence-electron chi connectivity index (χ1n) is 10.6. The van der Waals surface area contributed by atoms with Gasteiger partial charge in [0, 0.05) is 30.7 Å². The lowest BCUT2D eigenvalue weighted by molar-refractivity contribution is -0.0250. The molecule has 4 rings (SSSR count). The number of aliphatic hydroxyl groups is 1. The number of halogens is 1. The van der Waals surface area contributed by atoms with E-state index < -0.39 is 14.5 Å². The van der Waals surface area contributed by atoms with Crippen molar-refractivity contribution in [3.8, 4) is 11.4 Å². The second-order valence-electron chi connectivity index (χ2n) is 8.80. The standard InChI is InChI=1S/C23H29FN2O4Si/c1-14-21(29-2)17-13-15(26-23(28)16-7-5-6-8-18(16)25-26)9-10-19(17)30-22(14)20(11-12-27)31(3,4)24/h5-10,13-14,20-22,25,27H,11-12H2,1-4H3/t14-,20?,21-,22-/m0/s1. The third-order valence-corrected chi connectivity index (χ3v) is 8.76. The van der Waals surface area contributed by atoms with Gasteiger partial charge >= 0.3 is 0 Å². The van der Waals surface area contributed by atoms with Crippen molar-refractivity contribution in [3.05, 3.63) is 58.4 Å². The molecule has 2 heterocycles. The van der Waals surface area contributed by atoms with E-state index in [0.29, 0.717) is 23.2 Å². The molecule has 3 aromatic rings. The molecule has 4 atom stereocenters. The topological polar surface area (TPSA) is 76.5 Å². The summed E-state index contributed by atoms with van der Waals surface area (Å²) < 4.78 is 28.8. The second kappa shape index (κ2) is 8.25. The fraction of sp³-hybridized carbons (Fsp3) is 0.435. The highest BCUT2D eigenvalue weighted by molar-refractivity contribution is 6.72. The van der Waals surface area contributed by atoms with Crippen LogP contribution in [-0.4, -0.2) is 43.1 Å². The van der Waals surface area contributed by atoms with E-state index in [1.54, 1.807) is 26.3 Å². The number of para-hydroxylation sites is 1. The molecule has 0 saturated carbocycles. The number of hydrogen-bond acceptors (Lipinski definition) is 4. The van der Waals surface area contributed by atoms with Crippen molar-refractivity contribution in [3.63, 3.8) is 0 Å². The molecule has 0 amide bonds. The molecule has 0 radical (unpaired) electrons. The zero-order valence-electron chi connectivity index (χ0n) is 18.3. The fourth-order valence-corrected chi connectivity index (χ4v) is 6.75. The summed E-state index contributed by atoms with van der Waals surface area (Å²) >= 11 is 0. The van der Waals surface area contributed by atoms with Crippen LogP contribution >= 0.6 is 0 Å². The fourth-order valence-electron chi connectivity index (χ4n) is 4.78. The first kappa shape index (κ1) is 21.8. The van der Waals surface area contributed by atoms with Gasteiger partial charge in [0.05, 0.1) is 22.7 Å². The van der Waals surface area contributed by atoms with Crippen molar-refractivity contribution < 1.29 is 18.7 Å². The van der Waals surface area contributed by atoms with Gasteiger partial charge in [-0.1, -0.05) is 19.1 Å². The Labute approximate surface area is 181 Å². The molecule has 0 bridgehead atoms. The van der Waals surface area contributed by atoms with Crippen LogP contribution in [0.2, 0.25) is 18.6 Å². The van der Waals surface area contributed by atoms with Gasteiger partial charge in [-0.2, -0.15) is 0 Å². The van der Waals surface area contributed by atoms with Gasteiger partial charge in [-0.15, -0.1) is 0 Å². The highest BCUT2D eigenvalue weighted by Crippen LogP contribution is 2.47. The molecule has 0 saturated heterocycles. The monoisotopic (exact) mass is 444 g/mol. The van der Waals surface area contributed by atoms with Gasteiger partial charge < -0.3 is 18.7 Å². The Morgan fingerprint density at radius 1 is 1.29 bits per heavy atom. The Hall–Kier alpha value is -2.42. The number of nitrogens with one attached hydrogen (secondary N) is 1. The molecule has 31 heavy (non-hydrogen) atoms. The summed E-state index contributed by atoms with van der Waals surface area (Å²) in [5.74, 6) is 0.510. The van der Waals surface area contributed by atoms with Crippen LogP contribution < -0.4 is 10.3 Å². The maximum absolute atomic E-state index is 15.1. The minimum Gasteiger partial charge on any atom is -0.490 e. The molecule has 1 aliphatic heterocycles. The van der Waals surface area contributed by atoms with Crippen LogP contribution in [0, 0.1) is 5.92 Å². The van der Waals surface area contributed by atoms with E-state index >= 15 is 4.11 Å². The van der Waals surface area contributed by atoms with Crippen molar-refractivity contribution in [2.45, 2.75) is 44.2 Å². The predicted octanol–water partition coefficient (Wildman–Crippen LogP) is 4.33. The average molecular weight is 445 g/mol. The molecule has 1 unspecified atom stereocenters. The van der Waals surface area contributed by atoms with Crippen molar-refractivity contribution in [1.29, 1.82) is 0 Å². The van der Waals surface area contributed by atoms with E-state index in [1.165, 1.54) is 4.68 Å². The van der Waals surface area contributed by atoms with E-state index in [-0.39, 0.29) is 29.7 Å². The first-order valence-corrected chi connectivity index (χ1v) is 13.5. The Bertz CT molecular complexity index is 1140. The molecule has 2 aromatic carbocycles. The number of aromatic nitrogens is 2. The third kappa shape index (κ3) is 3.84. The zero-order chi connectivity index (χ0) is 22.3. The van der Waals surface area contributed by atoms with Crippen molar-refractivity contribution in [2.24, 2.45) is 5.92 Å². The summed E-state index contributed by atoms with van der Waals surface area (Å²) in [4.78, 5) is 12.8. The molecular formula is C23H29FN2O4Si. The van der Waals surface area contributed by atoms with Gasteiger partial charge in [0.1, 0.15) is 11.9 Å². The number of H-pyrrole nitrogens is 1. The van der Waals surface area contributed by atoms with Crippen LogP contribution in [0.5, 0.6) is 5.75 Å². The minimum absolute atomic E-state index is 0.0790. The van der Waals surface area contributed by atoms with Gasteiger partial charge in [0.25, 0.3) is 5.56 Å². The highest BCUT2D eigenvalue weighted by atomic mass is 28.4. The largest absolute Gasteiger partial charge is 0.490 e. The highest BCUT2D eigenvalue weighted by Gasteiger charge is 2.47. The normalized spacial score (nSPS) is 22.2. The average Bonchev–Trinajstić information content (AvgIpc) is 3.07. The lowest BCUT2D eigenvalue weighted by atomic mass is 9.86. The van der Waals surface area contributed by atoms with Crippen LogP contribution in [0.3, 0.4) is 0 Å². The zero-order valence-corrected chi connectivity index (χ0v) is 19.3. The molecule has 1 aliphatic rings. The Morgan fingerprint density at radius 3 is 2.68 bits per heavy atom. The number of ether oxygens (including phenoxy) is 2. The van der Waals surface area contributed by atoms with Crippen molar-refractivity contribution >= 4 is 19.3 Å².